The van der Waals surface area contributed by atoms with Crippen molar-refractivity contribution in [2.24, 2.45) is 13.5 Å². The molecule has 1 atom stereocenters. The molecule has 1 aliphatic rings. The van der Waals surface area contributed by atoms with E-state index in [0.29, 0.717) is 0 Å². The second-order valence-corrected chi connectivity index (χ2v) is 16.3. The highest BCUT2D eigenvalue weighted by Gasteiger charge is 2.33. The molecule has 0 fully saturated rings. The summed E-state index contributed by atoms with van der Waals surface area (Å²) in [7, 11) is 3.42. The highest BCUT2D eigenvalue weighted by molar-refractivity contribution is 8.22. The summed E-state index contributed by atoms with van der Waals surface area (Å²) in [6, 6.07) is 0. The molecule has 0 N–H and O–H groups in total. The van der Waals surface area contributed by atoms with Crippen molar-refractivity contribution in [1.82, 2.24) is 4.67 Å². The Hall–Kier alpha value is 2.10. The quantitative estimate of drug-likeness (QED) is 0.488. The first kappa shape index (κ1) is 14.2. The topological polar surface area (TPSA) is 40.3 Å². The minimum atomic E-state index is -2.87. The van der Waals surface area contributed by atoms with E-state index in [0.717, 1.165) is 0 Å². The Morgan fingerprint density at radius 3 is 1.57 bits per heavy atom. The molecule has 1 heterocycles. The Morgan fingerprint density at radius 2 is 1.21 bits per heavy atom. The Balaban J connectivity index is 3.49. The molecule has 1 unspecified atom stereocenters. The zero-order chi connectivity index (χ0) is 11.2. The van der Waals surface area contributed by atoms with Crippen molar-refractivity contribution in [3.05, 3.63) is 0 Å². The number of hydrogen-bond acceptors (Lipinski definition) is 4. The van der Waals surface area contributed by atoms with Gasteiger partial charge in [0, 0.05) is 0 Å². The fourth-order valence-corrected chi connectivity index (χ4v) is 17.7. The molecule has 0 aromatic heterocycles. The normalized spacial score (nSPS) is 34.3. The molecule has 84 valence electrons. The molecule has 1 aliphatic heterocycles. The SMILES string of the molecule is CN(C)P1(Cl)=NP(Cl)(Cl)=NP(Cl)(Cl)=N1. The minimum absolute atomic E-state index is 1.61. The van der Waals surface area contributed by atoms with Gasteiger partial charge in [0.2, 0.25) is 6.71 Å². The third kappa shape index (κ3) is 3.55. The third-order valence-electron chi connectivity index (χ3n) is 1.17. The van der Waals surface area contributed by atoms with E-state index in [-0.39, 0.29) is 0 Å². The van der Waals surface area contributed by atoms with Crippen LogP contribution in [0.25, 0.3) is 0 Å². The van der Waals surface area contributed by atoms with Crippen molar-refractivity contribution in [2.45, 2.75) is 0 Å². The molecule has 0 aliphatic carbocycles. The molecule has 4 nitrogen and oxygen atoms in total. The molecule has 12 heteroatoms. The lowest BCUT2D eigenvalue weighted by molar-refractivity contribution is 0.680. The van der Waals surface area contributed by atoms with Crippen LogP contribution in [0.3, 0.4) is 0 Å². The van der Waals surface area contributed by atoms with E-state index in [4.69, 9.17) is 56.2 Å². The van der Waals surface area contributed by atoms with Gasteiger partial charge in [0.15, 0.2) is 0 Å². The molecule has 0 bridgehead atoms. The van der Waals surface area contributed by atoms with Gasteiger partial charge in [0.25, 0.3) is 11.8 Å². The van der Waals surface area contributed by atoms with Gasteiger partial charge in [-0.25, -0.2) is 4.67 Å². The highest BCUT2D eigenvalue weighted by atomic mass is 35.9. The summed E-state index contributed by atoms with van der Waals surface area (Å²) in [6.45, 7) is -2.65. The third-order valence-corrected chi connectivity index (χ3v) is 14.4. The highest BCUT2D eigenvalue weighted by Crippen LogP contribution is 2.86. The van der Waals surface area contributed by atoms with E-state index in [9.17, 15) is 0 Å². The van der Waals surface area contributed by atoms with E-state index < -0.39 is 18.5 Å². The minimum Gasteiger partial charge on any atom is -0.246 e. The second kappa shape index (κ2) is 4.41. The van der Waals surface area contributed by atoms with Crippen LogP contribution in [0.4, 0.5) is 0 Å². The summed E-state index contributed by atoms with van der Waals surface area (Å²) < 4.78 is 13.4. The molecule has 0 aromatic carbocycles. The van der Waals surface area contributed by atoms with Gasteiger partial charge in [-0.3, -0.25) is 0 Å². The predicted molar refractivity (Wildman–Crippen MR) is 71.0 cm³/mol. The van der Waals surface area contributed by atoms with E-state index >= 15 is 0 Å². The zero-order valence-electron chi connectivity index (χ0n) is 7.02. The van der Waals surface area contributed by atoms with Crippen molar-refractivity contribution in [3.8, 4) is 0 Å². The molecule has 1 rings (SSSR count). The van der Waals surface area contributed by atoms with E-state index in [2.05, 4.69) is 13.5 Å². The largest absolute Gasteiger partial charge is 0.257 e. The van der Waals surface area contributed by atoms with E-state index in [1.54, 1.807) is 18.8 Å². The average Bonchev–Trinajstić information content (AvgIpc) is 1.76. The summed E-state index contributed by atoms with van der Waals surface area (Å²) in [4.78, 5) is 0. The summed E-state index contributed by atoms with van der Waals surface area (Å²) in [6.07, 6.45) is 0. The molecule has 14 heavy (non-hydrogen) atoms. The van der Waals surface area contributed by atoms with Crippen molar-refractivity contribution in [3.63, 3.8) is 0 Å². The lowest BCUT2D eigenvalue weighted by atomic mass is 11.3. The van der Waals surface area contributed by atoms with Crippen LogP contribution in [0, 0.1) is 0 Å². The first-order valence-electron chi connectivity index (χ1n) is 3.14. The van der Waals surface area contributed by atoms with Crippen molar-refractivity contribution in [1.29, 1.82) is 0 Å². The molecule has 0 spiro atoms. The first-order chi connectivity index (χ1) is 6.06. The van der Waals surface area contributed by atoms with E-state index in [1.807, 2.05) is 0 Å². The van der Waals surface area contributed by atoms with Gasteiger partial charge in [0.1, 0.15) is 0 Å². The van der Waals surface area contributed by atoms with Gasteiger partial charge in [-0.2, -0.15) is 13.5 Å². The first-order valence-corrected chi connectivity index (χ1v) is 12.7. The van der Waals surface area contributed by atoms with Crippen LogP contribution in [0.5, 0.6) is 0 Å². The fraction of sp³-hybridized carbons (Fsp3) is 1.00. The average molecular weight is 356 g/mol. The lowest BCUT2D eigenvalue weighted by Gasteiger charge is -2.25. The van der Waals surface area contributed by atoms with Crippen molar-refractivity contribution >= 4 is 74.7 Å². The van der Waals surface area contributed by atoms with Gasteiger partial charge >= 0.3 is 0 Å². The molecule has 0 aromatic rings. The number of nitrogens with zero attached hydrogens (tertiary/aromatic N) is 4. The van der Waals surface area contributed by atoms with E-state index in [1.165, 1.54) is 0 Å². The maximum atomic E-state index is 6.14. The van der Waals surface area contributed by atoms with Gasteiger partial charge in [-0.15, -0.1) is 0 Å². The Labute approximate surface area is 107 Å². The van der Waals surface area contributed by atoms with Gasteiger partial charge in [0.05, 0.1) is 0 Å². The summed E-state index contributed by atoms with van der Waals surface area (Å²) in [5.74, 6) is -5.74. The monoisotopic (exact) mass is 354 g/mol. The van der Waals surface area contributed by atoms with Crippen LogP contribution in [0.15, 0.2) is 13.5 Å². The lowest BCUT2D eigenvalue weighted by Crippen LogP contribution is -2.02. The molecule has 0 saturated heterocycles. The maximum Gasteiger partial charge on any atom is 0.257 e. The maximum absolute atomic E-state index is 6.14. The van der Waals surface area contributed by atoms with Crippen LogP contribution in [-0.2, 0) is 0 Å². The van der Waals surface area contributed by atoms with Crippen LogP contribution in [0.2, 0.25) is 0 Å². The second-order valence-electron chi connectivity index (χ2n) is 2.52. The molecular formula is C2H6Cl5N4P3. The molecule has 0 saturated carbocycles. The zero-order valence-corrected chi connectivity index (χ0v) is 13.5. The number of rotatable bonds is 1. The van der Waals surface area contributed by atoms with Crippen LogP contribution >= 0.6 is 74.7 Å². The Morgan fingerprint density at radius 1 is 0.786 bits per heavy atom. The number of hydrogen-bond donors (Lipinski definition) is 0. The summed E-state index contributed by atoms with van der Waals surface area (Å²) in [5, 5.41) is 0. The van der Waals surface area contributed by atoms with Crippen LogP contribution < -0.4 is 0 Å². The van der Waals surface area contributed by atoms with Gasteiger partial charge in [-0.05, 0) is 70.3 Å². The summed E-state index contributed by atoms with van der Waals surface area (Å²) in [5.41, 5.74) is 0. The van der Waals surface area contributed by atoms with Gasteiger partial charge < -0.3 is 0 Å². The Bertz CT molecular complexity index is 394. The molecule has 0 radical (unpaired) electrons. The van der Waals surface area contributed by atoms with Crippen molar-refractivity contribution < 1.29 is 0 Å². The van der Waals surface area contributed by atoms with Crippen LogP contribution in [0.1, 0.15) is 0 Å². The van der Waals surface area contributed by atoms with Crippen LogP contribution in [-0.4, -0.2) is 18.8 Å². The summed E-state index contributed by atoms with van der Waals surface area (Å²) >= 11 is 29.5. The van der Waals surface area contributed by atoms with Gasteiger partial charge in [-0.1, -0.05) is 0 Å². The standard InChI is InChI=1S/C2H6Cl5N4P3/c1-11(2)14(7)9-12(3,4)8-13(5,6)10-14/h1-2H3. The smallest absolute Gasteiger partial charge is 0.246 e. The Kier molecular flexibility index (Phi) is 4.46. The molecular weight excluding hydrogens is 350 g/mol. The predicted octanol–water partition coefficient (Wildman–Crippen LogP) is 6.59. The van der Waals surface area contributed by atoms with Crippen molar-refractivity contribution in [2.75, 3.05) is 14.1 Å². The molecule has 0 amide bonds. The fourth-order valence-electron chi connectivity index (χ4n) is 0.617. The number of halogens is 5.